The lowest BCUT2D eigenvalue weighted by molar-refractivity contribution is -0.132. The summed E-state index contributed by atoms with van der Waals surface area (Å²) in [4.78, 5) is 69.0. The molecule has 4 amide bonds. The second kappa shape index (κ2) is 21.0. The molecule has 51 heavy (non-hydrogen) atoms. The molecule has 2 aromatic carbocycles. The van der Waals surface area contributed by atoms with E-state index in [1.165, 1.54) is 0 Å². The van der Waals surface area contributed by atoms with E-state index in [1.54, 1.807) is 44.5 Å². The minimum absolute atomic E-state index is 0.174. The molecule has 4 atom stereocenters. The smallest absolute Gasteiger partial charge is 0.290 e. The lowest BCUT2D eigenvalue weighted by Gasteiger charge is -2.27. The lowest BCUT2D eigenvalue weighted by atomic mass is 9.96. The average Bonchev–Trinajstić information content (AvgIpc) is 3.13. The molecule has 0 radical (unpaired) electrons. The van der Waals surface area contributed by atoms with Gasteiger partial charge in [-0.05, 0) is 79.8 Å². The number of nitrogens with one attached hydrogen (secondary N) is 4. The van der Waals surface area contributed by atoms with E-state index in [1.807, 2.05) is 56.3 Å². The van der Waals surface area contributed by atoms with Gasteiger partial charge in [-0.15, -0.1) is 0 Å². The number of amides is 4. The quantitative estimate of drug-likeness (QED) is 0.183. The van der Waals surface area contributed by atoms with Crippen LogP contribution in [0, 0.1) is 5.92 Å². The van der Waals surface area contributed by atoms with Crippen molar-refractivity contribution in [3.63, 3.8) is 0 Å². The molecule has 13 heteroatoms. The number of pyridine rings is 1. The summed E-state index contributed by atoms with van der Waals surface area (Å²) in [5.41, 5.74) is 3.22. The zero-order valence-electron chi connectivity index (χ0n) is 29.8. The van der Waals surface area contributed by atoms with Crippen molar-refractivity contribution >= 4 is 30.1 Å². The molecule has 13 nitrogen and oxygen atoms in total. The number of aromatic nitrogens is 1. The zero-order valence-corrected chi connectivity index (χ0v) is 29.8. The van der Waals surface area contributed by atoms with E-state index in [0.717, 1.165) is 36.2 Å². The molecule has 1 unspecified atom stereocenters. The summed E-state index contributed by atoms with van der Waals surface area (Å²) < 4.78 is 5.26. The molecule has 0 fully saturated rings. The third-order valence-electron chi connectivity index (χ3n) is 8.70. The van der Waals surface area contributed by atoms with Gasteiger partial charge in [-0.2, -0.15) is 0 Å². The monoisotopic (exact) mass is 702 g/mol. The van der Waals surface area contributed by atoms with Crippen molar-refractivity contribution in [2.24, 2.45) is 5.92 Å². The molecule has 2 aliphatic heterocycles. The third kappa shape index (κ3) is 13.2. The first kappa shape index (κ1) is 40.1. The average molecular weight is 703 g/mol. The van der Waals surface area contributed by atoms with Crippen LogP contribution in [0.2, 0.25) is 0 Å². The number of nitrogens with zero attached hydrogens (tertiary/aromatic N) is 2. The van der Waals surface area contributed by atoms with Gasteiger partial charge in [0.15, 0.2) is 0 Å². The predicted octanol–water partition coefficient (Wildman–Crippen LogP) is 3.08. The molecule has 2 bridgehead atoms. The Kier molecular flexibility index (Phi) is 16.6. The Morgan fingerprint density at radius 2 is 1.65 bits per heavy atom. The molecule has 0 aliphatic carbocycles. The SMILES string of the molecule is CC[C@H](C)C1NC(=O)c2ccc(cc2)CN(Cc2ccccn2)CCCCNC(=O)[C@@H](C)NC(=O)[C@H](Cc2ccc(OC)cc2)NC1=O.O=CO. The van der Waals surface area contributed by atoms with E-state index in [2.05, 4.69) is 31.2 Å². The summed E-state index contributed by atoms with van der Waals surface area (Å²) in [7, 11) is 1.57. The summed E-state index contributed by atoms with van der Waals surface area (Å²) >= 11 is 0. The molecule has 0 saturated carbocycles. The van der Waals surface area contributed by atoms with E-state index in [9.17, 15) is 19.2 Å². The maximum Gasteiger partial charge on any atom is 0.290 e. The molecule has 1 aromatic heterocycles. The second-order valence-corrected chi connectivity index (χ2v) is 12.5. The summed E-state index contributed by atoms with van der Waals surface area (Å²) in [5.74, 6) is -1.21. The van der Waals surface area contributed by atoms with E-state index < -0.39 is 29.9 Å². The van der Waals surface area contributed by atoms with E-state index in [4.69, 9.17) is 14.6 Å². The van der Waals surface area contributed by atoms with Crippen LogP contribution in [0.15, 0.2) is 72.9 Å². The maximum atomic E-state index is 13.8. The number of methoxy groups -OCH3 is 1. The van der Waals surface area contributed by atoms with Gasteiger partial charge < -0.3 is 31.1 Å². The van der Waals surface area contributed by atoms with Crippen molar-refractivity contribution in [1.82, 2.24) is 31.2 Å². The van der Waals surface area contributed by atoms with Crippen LogP contribution in [0.5, 0.6) is 5.75 Å². The van der Waals surface area contributed by atoms with Gasteiger partial charge in [0.25, 0.3) is 12.4 Å². The molecule has 274 valence electrons. The minimum Gasteiger partial charge on any atom is -0.497 e. The van der Waals surface area contributed by atoms with E-state index >= 15 is 0 Å². The Bertz CT molecular complexity index is 1550. The van der Waals surface area contributed by atoms with Crippen molar-refractivity contribution < 1.29 is 33.8 Å². The maximum absolute atomic E-state index is 13.8. The van der Waals surface area contributed by atoms with Gasteiger partial charge in [0, 0.05) is 37.8 Å². The van der Waals surface area contributed by atoms with Crippen LogP contribution >= 0.6 is 0 Å². The number of benzene rings is 2. The Hall–Kier alpha value is -5.30. The molecule has 3 aromatic rings. The highest BCUT2D eigenvalue weighted by atomic mass is 16.5. The molecular formula is C38H50N6O7. The lowest BCUT2D eigenvalue weighted by Crippen LogP contribution is -2.58. The van der Waals surface area contributed by atoms with Gasteiger partial charge in [0.1, 0.15) is 23.9 Å². The van der Waals surface area contributed by atoms with Crippen LogP contribution in [0.4, 0.5) is 0 Å². The fourth-order valence-corrected chi connectivity index (χ4v) is 5.55. The van der Waals surface area contributed by atoms with E-state index in [0.29, 0.717) is 37.4 Å². The van der Waals surface area contributed by atoms with Crippen LogP contribution in [-0.4, -0.2) is 83.4 Å². The third-order valence-corrected chi connectivity index (χ3v) is 8.70. The summed E-state index contributed by atoms with van der Waals surface area (Å²) in [5, 5.41) is 18.4. The number of carbonyl (C=O) groups is 5. The predicted molar refractivity (Wildman–Crippen MR) is 193 cm³/mol. The zero-order chi connectivity index (χ0) is 37.2. The molecule has 2 aliphatic rings. The fourth-order valence-electron chi connectivity index (χ4n) is 5.55. The Morgan fingerprint density at radius 3 is 2.27 bits per heavy atom. The molecular weight excluding hydrogens is 652 g/mol. The second-order valence-electron chi connectivity index (χ2n) is 12.5. The van der Waals surface area contributed by atoms with Gasteiger partial charge in [-0.25, -0.2) is 0 Å². The van der Waals surface area contributed by atoms with Crippen LogP contribution < -0.4 is 26.0 Å². The van der Waals surface area contributed by atoms with Crippen LogP contribution in [0.25, 0.3) is 0 Å². The number of hydrogen-bond donors (Lipinski definition) is 5. The van der Waals surface area contributed by atoms with Crippen molar-refractivity contribution in [3.05, 3.63) is 95.3 Å². The number of carbonyl (C=O) groups excluding carboxylic acids is 4. The van der Waals surface area contributed by atoms with Crippen molar-refractivity contribution in [2.45, 2.75) is 77.7 Å². The Labute approximate surface area is 299 Å². The number of hydrogen-bond acceptors (Lipinski definition) is 8. The molecule has 5 N–H and O–H groups in total. The largest absolute Gasteiger partial charge is 0.497 e. The highest BCUT2D eigenvalue weighted by Gasteiger charge is 2.31. The molecule has 0 saturated heterocycles. The van der Waals surface area contributed by atoms with Gasteiger partial charge in [0.05, 0.1) is 12.8 Å². The minimum atomic E-state index is -0.997. The number of fused-ring (bicyclic) bond motifs is 18. The molecule has 0 spiro atoms. The first-order valence-electron chi connectivity index (χ1n) is 17.2. The fraction of sp³-hybridized carbons (Fsp3) is 0.421. The topological polar surface area (TPSA) is 179 Å². The molecule has 3 heterocycles. The first-order chi connectivity index (χ1) is 24.6. The summed E-state index contributed by atoms with van der Waals surface area (Å²) in [6, 6.07) is 17.7. The Morgan fingerprint density at radius 1 is 0.941 bits per heavy atom. The van der Waals surface area contributed by atoms with Gasteiger partial charge in [-0.3, -0.25) is 33.9 Å². The van der Waals surface area contributed by atoms with Crippen LogP contribution in [0.3, 0.4) is 0 Å². The Balaban J connectivity index is 0.00000226. The number of rotatable bonds is 7. The highest BCUT2D eigenvalue weighted by Crippen LogP contribution is 2.16. The van der Waals surface area contributed by atoms with Gasteiger partial charge >= 0.3 is 0 Å². The van der Waals surface area contributed by atoms with Gasteiger partial charge in [0.2, 0.25) is 17.7 Å². The molecule has 5 rings (SSSR count). The van der Waals surface area contributed by atoms with Crippen molar-refractivity contribution in [2.75, 3.05) is 20.2 Å². The number of carboxylic acid groups (broad SMARTS) is 1. The summed E-state index contributed by atoms with van der Waals surface area (Å²) in [6.07, 6.45) is 4.16. The van der Waals surface area contributed by atoms with E-state index in [-0.39, 0.29) is 30.6 Å². The highest BCUT2D eigenvalue weighted by molar-refractivity contribution is 5.99. The number of ether oxygens (including phenoxy) is 1. The first-order valence-corrected chi connectivity index (χ1v) is 17.2. The van der Waals surface area contributed by atoms with Crippen molar-refractivity contribution in [3.8, 4) is 5.75 Å². The standard InChI is InChI=1S/C37H48N6O5.CH2O2/c1-5-25(2)33-37(47)41-32(22-27-13-17-31(48-4)18-14-27)36(46)40-26(3)34(44)39-20-8-9-21-43(24-30-10-6-7-19-38-30)23-28-11-15-29(16-12-28)35(45)42-33;2-1-3/h6-7,10-19,25-26,32-33H,5,8-9,20-24H2,1-4H3,(H,39,44)(H,40,46)(H,41,47)(H,42,45);1H,(H,2,3)/t25-,26+,32-,33?;/m0./s1. The van der Waals surface area contributed by atoms with Gasteiger partial charge in [-0.1, -0.05) is 50.6 Å². The van der Waals surface area contributed by atoms with Crippen LogP contribution in [-0.2, 0) is 38.7 Å². The normalized spacial score (nSPS) is 20.2. The van der Waals surface area contributed by atoms with Crippen LogP contribution in [0.1, 0.15) is 67.2 Å². The van der Waals surface area contributed by atoms with Crippen molar-refractivity contribution in [1.29, 1.82) is 0 Å². The summed E-state index contributed by atoms with van der Waals surface area (Å²) in [6.45, 7) is 7.74.